The molecule has 0 aromatic carbocycles. The fourth-order valence-electron chi connectivity index (χ4n) is 1.86. The zero-order valence-electron chi connectivity index (χ0n) is 11.3. The summed E-state index contributed by atoms with van der Waals surface area (Å²) in [5, 5.41) is 0. The number of ether oxygens (including phenoxy) is 1. The number of rotatable bonds is 1. The van der Waals surface area contributed by atoms with Crippen LogP contribution in [0.3, 0.4) is 0 Å². The summed E-state index contributed by atoms with van der Waals surface area (Å²) in [6.45, 7) is 2.06. The second-order valence-electron chi connectivity index (χ2n) is 4.53. The molecule has 2 nitrogen and oxygen atoms in total. The summed E-state index contributed by atoms with van der Waals surface area (Å²) < 4.78 is 5.44. The smallest absolute Gasteiger partial charge is 0.309 e. The summed E-state index contributed by atoms with van der Waals surface area (Å²) in [6, 6.07) is 0. The second kappa shape index (κ2) is 9.69. The lowest BCUT2D eigenvalue weighted by atomic mass is 10.1. The van der Waals surface area contributed by atoms with Gasteiger partial charge in [0.15, 0.2) is 0 Å². The van der Waals surface area contributed by atoms with Crippen LogP contribution in [-0.4, -0.2) is 12.1 Å². The van der Waals surface area contributed by atoms with E-state index in [1.54, 1.807) is 0 Å². The minimum Gasteiger partial charge on any atom is -0.462 e. The zero-order valence-corrected chi connectivity index (χ0v) is 11.3. The lowest BCUT2D eigenvalue weighted by Crippen LogP contribution is -2.16. The molecule has 1 aliphatic heterocycles. The Morgan fingerprint density at radius 1 is 1.06 bits per heavy atom. The number of carbonyl (C=O) groups is 1. The standard InChI is InChI=1S/C16H24O2/c1-2-15-13-11-9-7-5-3-4-6-8-10-12-14-16(17)18-15/h3-4,7,9-10,12,15H,2,5-6,8,11,13-14H2,1H3/b4-3+,9-7+,12-10-. The van der Waals surface area contributed by atoms with Crippen molar-refractivity contribution >= 4 is 5.97 Å². The maximum atomic E-state index is 11.6. The first kappa shape index (κ1) is 14.7. The van der Waals surface area contributed by atoms with Crippen molar-refractivity contribution < 1.29 is 9.53 Å². The molecule has 1 aliphatic rings. The van der Waals surface area contributed by atoms with Crippen molar-refractivity contribution in [2.24, 2.45) is 0 Å². The monoisotopic (exact) mass is 248 g/mol. The molecule has 0 aromatic heterocycles. The van der Waals surface area contributed by atoms with Crippen LogP contribution < -0.4 is 0 Å². The molecule has 0 amide bonds. The van der Waals surface area contributed by atoms with Gasteiger partial charge in [0.05, 0.1) is 6.42 Å². The predicted octanol–water partition coefficient (Wildman–Crippen LogP) is 4.33. The van der Waals surface area contributed by atoms with Crippen molar-refractivity contribution in [1.29, 1.82) is 0 Å². The second-order valence-corrected chi connectivity index (χ2v) is 4.53. The van der Waals surface area contributed by atoms with Crippen molar-refractivity contribution in [1.82, 2.24) is 0 Å². The van der Waals surface area contributed by atoms with E-state index in [0.717, 1.165) is 38.5 Å². The van der Waals surface area contributed by atoms with E-state index in [0.29, 0.717) is 6.42 Å². The summed E-state index contributed by atoms with van der Waals surface area (Å²) in [6.07, 6.45) is 19.0. The van der Waals surface area contributed by atoms with Crippen molar-refractivity contribution in [2.45, 2.75) is 58.0 Å². The maximum Gasteiger partial charge on any atom is 0.309 e. The SMILES string of the molecule is CCC1CC/C=C/C/C=C/CC/C=C\CC(=O)O1. The first-order chi connectivity index (χ1) is 8.83. The molecule has 1 heterocycles. The molecule has 0 fully saturated rings. The highest BCUT2D eigenvalue weighted by atomic mass is 16.5. The molecule has 0 aromatic rings. The molecule has 0 bridgehead atoms. The lowest BCUT2D eigenvalue weighted by Gasteiger charge is -2.14. The number of hydrogen-bond acceptors (Lipinski definition) is 2. The number of cyclic esters (lactones) is 1. The molecule has 0 saturated carbocycles. The average Bonchev–Trinajstić information content (AvgIpc) is 2.38. The average molecular weight is 248 g/mol. The highest BCUT2D eigenvalue weighted by Gasteiger charge is 2.10. The summed E-state index contributed by atoms with van der Waals surface area (Å²) in [5.41, 5.74) is 0. The summed E-state index contributed by atoms with van der Waals surface area (Å²) in [5.74, 6) is -0.104. The molecule has 0 saturated heterocycles. The molecule has 100 valence electrons. The summed E-state index contributed by atoms with van der Waals surface area (Å²) in [4.78, 5) is 11.6. The normalized spacial score (nSPS) is 28.5. The number of allylic oxidation sites excluding steroid dienone is 5. The molecule has 2 heteroatoms. The molecule has 0 radical (unpaired) electrons. The zero-order chi connectivity index (χ0) is 13.1. The van der Waals surface area contributed by atoms with E-state index in [-0.39, 0.29) is 12.1 Å². The van der Waals surface area contributed by atoms with Gasteiger partial charge in [-0.15, -0.1) is 0 Å². The lowest BCUT2D eigenvalue weighted by molar-refractivity contribution is -0.148. The molecule has 18 heavy (non-hydrogen) atoms. The van der Waals surface area contributed by atoms with Gasteiger partial charge in [0.1, 0.15) is 6.10 Å². The van der Waals surface area contributed by atoms with Crippen molar-refractivity contribution in [3.05, 3.63) is 36.5 Å². The van der Waals surface area contributed by atoms with Gasteiger partial charge in [0.2, 0.25) is 0 Å². The van der Waals surface area contributed by atoms with E-state index < -0.39 is 0 Å². The van der Waals surface area contributed by atoms with Crippen LogP contribution in [-0.2, 0) is 9.53 Å². The van der Waals surface area contributed by atoms with E-state index in [1.807, 2.05) is 6.08 Å². The van der Waals surface area contributed by atoms with Gasteiger partial charge in [-0.2, -0.15) is 0 Å². The molecule has 0 N–H and O–H groups in total. The quantitative estimate of drug-likeness (QED) is 0.510. The van der Waals surface area contributed by atoms with E-state index >= 15 is 0 Å². The van der Waals surface area contributed by atoms with Gasteiger partial charge < -0.3 is 4.74 Å². The van der Waals surface area contributed by atoms with E-state index in [1.165, 1.54) is 0 Å². The Kier molecular flexibility index (Phi) is 7.94. The minimum absolute atomic E-state index is 0.0659. The van der Waals surface area contributed by atoms with Gasteiger partial charge in [0, 0.05) is 0 Å². The largest absolute Gasteiger partial charge is 0.462 e. The third-order valence-electron chi connectivity index (χ3n) is 2.97. The molecular weight excluding hydrogens is 224 g/mol. The van der Waals surface area contributed by atoms with Gasteiger partial charge in [-0.25, -0.2) is 0 Å². The highest BCUT2D eigenvalue weighted by molar-refractivity contribution is 5.71. The number of hydrogen-bond donors (Lipinski definition) is 0. The van der Waals surface area contributed by atoms with Crippen molar-refractivity contribution in [3.63, 3.8) is 0 Å². The van der Waals surface area contributed by atoms with Crippen molar-refractivity contribution in [3.8, 4) is 0 Å². The topological polar surface area (TPSA) is 26.3 Å². The predicted molar refractivity (Wildman–Crippen MR) is 75.3 cm³/mol. The molecule has 1 unspecified atom stereocenters. The highest BCUT2D eigenvalue weighted by Crippen LogP contribution is 2.10. The Bertz CT molecular complexity index is 313. The molecule has 0 spiro atoms. The van der Waals surface area contributed by atoms with Gasteiger partial charge in [-0.3, -0.25) is 4.79 Å². The van der Waals surface area contributed by atoms with E-state index in [9.17, 15) is 4.79 Å². The van der Waals surface area contributed by atoms with E-state index in [2.05, 4.69) is 37.3 Å². The Balaban J connectivity index is 2.51. The van der Waals surface area contributed by atoms with Gasteiger partial charge >= 0.3 is 5.97 Å². The Morgan fingerprint density at radius 2 is 1.72 bits per heavy atom. The fourth-order valence-corrected chi connectivity index (χ4v) is 1.86. The molecule has 0 aliphatic carbocycles. The fraction of sp³-hybridized carbons (Fsp3) is 0.562. The van der Waals surface area contributed by atoms with Crippen LogP contribution in [0.5, 0.6) is 0 Å². The Hall–Kier alpha value is -1.31. The van der Waals surface area contributed by atoms with E-state index in [4.69, 9.17) is 4.74 Å². The van der Waals surface area contributed by atoms with Crippen LogP contribution in [0.1, 0.15) is 51.9 Å². The first-order valence-corrected chi connectivity index (χ1v) is 6.97. The van der Waals surface area contributed by atoms with Crippen LogP contribution in [0.2, 0.25) is 0 Å². The van der Waals surface area contributed by atoms with Crippen LogP contribution in [0.25, 0.3) is 0 Å². The van der Waals surface area contributed by atoms with Gasteiger partial charge in [-0.05, 0) is 38.5 Å². The minimum atomic E-state index is -0.104. The molecule has 1 rings (SSSR count). The summed E-state index contributed by atoms with van der Waals surface area (Å²) >= 11 is 0. The Morgan fingerprint density at radius 3 is 2.44 bits per heavy atom. The maximum absolute atomic E-state index is 11.6. The van der Waals surface area contributed by atoms with Crippen LogP contribution >= 0.6 is 0 Å². The third kappa shape index (κ3) is 7.10. The molecule has 1 atom stereocenters. The number of esters is 1. The van der Waals surface area contributed by atoms with Crippen molar-refractivity contribution in [2.75, 3.05) is 0 Å². The number of carbonyl (C=O) groups excluding carboxylic acids is 1. The van der Waals surface area contributed by atoms with Crippen LogP contribution in [0, 0.1) is 0 Å². The first-order valence-electron chi connectivity index (χ1n) is 6.97. The summed E-state index contributed by atoms with van der Waals surface area (Å²) in [7, 11) is 0. The third-order valence-corrected chi connectivity index (χ3v) is 2.97. The van der Waals surface area contributed by atoms with Gasteiger partial charge in [0.25, 0.3) is 0 Å². The van der Waals surface area contributed by atoms with Gasteiger partial charge in [-0.1, -0.05) is 43.4 Å². The van der Waals surface area contributed by atoms with Crippen LogP contribution in [0.4, 0.5) is 0 Å². The van der Waals surface area contributed by atoms with Crippen LogP contribution in [0.15, 0.2) is 36.5 Å². The molecular formula is C16H24O2. The Labute approximate surface area is 110 Å².